The summed E-state index contributed by atoms with van der Waals surface area (Å²) in [5, 5.41) is 0. The fraction of sp³-hybridized carbons (Fsp3) is 1.00. The molecule has 0 aliphatic heterocycles. The fourth-order valence-corrected chi connectivity index (χ4v) is 0.844. The quantitative estimate of drug-likeness (QED) is 0.406. The lowest BCUT2D eigenvalue weighted by Crippen LogP contribution is -2.40. The standard InChI is InChI=1S/C6H15ClN/c1-4-8(2,3)6-5-7/h4-6H2,1-3H3/q+1. The predicted octanol–water partition coefficient (Wildman–Crippen LogP) is 1.32. The van der Waals surface area contributed by atoms with Crippen molar-refractivity contribution in [3.05, 3.63) is 0 Å². The van der Waals surface area contributed by atoms with Gasteiger partial charge in [0.15, 0.2) is 0 Å². The van der Waals surface area contributed by atoms with E-state index in [9.17, 15) is 0 Å². The second-order valence-corrected chi connectivity index (χ2v) is 3.04. The molecular formula is C6H15ClN+. The van der Waals surface area contributed by atoms with Crippen LogP contribution in [0.15, 0.2) is 0 Å². The Morgan fingerprint density at radius 3 is 2.00 bits per heavy atom. The van der Waals surface area contributed by atoms with Gasteiger partial charge in [-0.2, -0.15) is 0 Å². The molecular weight excluding hydrogens is 122 g/mol. The Hall–Kier alpha value is 0.250. The highest BCUT2D eigenvalue weighted by molar-refractivity contribution is 6.17. The van der Waals surface area contributed by atoms with Crippen LogP contribution in [0, 0.1) is 0 Å². The number of nitrogens with zero attached hydrogens (tertiary/aromatic N) is 1. The molecule has 0 radical (unpaired) electrons. The Morgan fingerprint density at radius 2 is 1.88 bits per heavy atom. The maximum atomic E-state index is 5.55. The Bertz CT molecular complexity index is 61.5. The monoisotopic (exact) mass is 136 g/mol. The van der Waals surface area contributed by atoms with Gasteiger partial charge in [0.2, 0.25) is 0 Å². The van der Waals surface area contributed by atoms with Gasteiger partial charge < -0.3 is 4.48 Å². The Morgan fingerprint density at radius 1 is 1.38 bits per heavy atom. The lowest BCUT2D eigenvalue weighted by Gasteiger charge is -2.26. The maximum Gasteiger partial charge on any atom is 0.0920 e. The lowest BCUT2D eigenvalue weighted by atomic mass is 10.5. The zero-order valence-corrected chi connectivity index (χ0v) is 6.70. The van der Waals surface area contributed by atoms with Gasteiger partial charge in [-0.3, -0.25) is 0 Å². The van der Waals surface area contributed by atoms with Crippen molar-refractivity contribution < 1.29 is 4.48 Å². The molecule has 1 nitrogen and oxygen atoms in total. The molecule has 0 rings (SSSR count). The van der Waals surface area contributed by atoms with E-state index in [4.69, 9.17) is 11.6 Å². The SMILES string of the molecule is CC[N+](C)(C)CCCl. The molecule has 0 unspecified atom stereocenters. The second kappa shape index (κ2) is 3.31. The number of quaternary nitrogens is 1. The van der Waals surface area contributed by atoms with E-state index in [1.165, 1.54) is 0 Å². The molecule has 0 atom stereocenters. The van der Waals surface area contributed by atoms with E-state index < -0.39 is 0 Å². The van der Waals surface area contributed by atoms with Gasteiger partial charge in [0.05, 0.1) is 33.1 Å². The van der Waals surface area contributed by atoms with E-state index in [2.05, 4.69) is 21.0 Å². The van der Waals surface area contributed by atoms with Crippen LogP contribution in [0.2, 0.25) is 0 Å². The molecule has 0 aliphatic carbocycles. The Labute approximate surface area is 56.8 Å². The first-order chi connectivity index (χ1) is 3.62. The molecule has 0 aromatic rings. The summed E-state index contributed by atoms with van der Waals surface area (Å²) in [6, 6.07) is 0. The highest BCUT2D eigenvalue weighted by Gasteiger charge is 2.08. The molecule has 50 valence electrons. The summed E-state index contributed by atoms with van der Waals surface area (Å²) >= 11 is 5.55. The lowest BCUT2D eigenvalue weighted by molar-refractivity contribution is -0.886. The molecule has 8 heavy (non-hydrogen) atoms. The largest absolute Gasteiger partial charge is 0.328 e. The minimum absolute atomic E-state index is 0.765. The second-order valence-electron chi connectivity index (χ2n) is 2.66. The summed E-state index contributed by atoms with van der Waals surface area (Å²) in [5.74, 6) is 0.765. The van der Waals surface area contributed by atoms with Gasteiger partial charge in [0, 0.05) is 0 Å². The van der Waals surface area contributed by atoms with Crippen molar-refractivity contribution in [3.8, 4) is 0 Å². The van der Waals surface area contributed by atoms with Crippen LogP contribution < -0.4 is 0 Å². The van der Waals surface area contributed by atoms with Gasteiger partial charge in [0.25, 0.3) is 0 Å². The average molecular weight is 137 g/mol. The minimum Gasteiger partial charge on any atom is -0.328 e. The first-order valence-corrected chi connectivity index (χ1v) is 3.54. The number of hydrogen-bond acceptors (Lipinski definition) is 0. The fourth-order valence-electron chi connectivity index (χ4n) is 0.387. The molecule has 0 aromatic heterocycles. The van der Waals surface area contributed by atoms with Crippen LogP contribution in [0.1, 0.15) is 6.92 Å². The van der Waals surface area contributed by atoms with Crippen LogP contribution >= 0.6 is 11.6 Å². The molecule has 0 aromatic carbocycles. The molecule has 0 bridgehead atoms. The highest BCUT2D eigenvalue weighted by Crippen LogP contribution is 1.94. The minimum atomic E-state index is 0.765. The van der Waals surface area contributed by atoms with Crippen LogP contribution in [-0.4, -0.2) is 37.5 Å². The molecule has 0 amide bonds. The van der Waals surface area contributed by atoms with Gasteiger partial charge in [-0.15, -0.1) is 11.6 Å². The van der Waals surface area contributed by atoms with Crippen LogP contribution in [0.4, 0.5) is 0 Å². The molecule has 0 heterocycles. The predicted molar refractivity (Wildman–Crippen MR) is 38.2 cm³/mol. The third-order valence-corrected chi connectivity index (χ3v) is 1.71. The van der Waals surface area contributed by atoms with Crippen molar-refractivity contribution in [2.45, 2.75) is 6.92 Å². The topological polar surface area (TPSA) is 0 Å². The highest BCUT2D eigenvalue weighted by atomic mass is 35.5. The average Bonchev–Trinajstić information content (AvgIpc) is 1.67. The molecule has 0 fully saturated rings. The zero-order chi connectivity index (χ0) is 6.62. The molecule has 0 aliphatic rings. The van der Waals surface area contributed by atoms with E-state index >= 15 is 0 Å². The molecule has 0 spiro atoms. The van der Waals surface area contributed by atoms with E-state index in [0.29, 0.717) is 0 Å². The Balaban J connectivity index is 3.37. The normalized spacial score (nSPS) is 12.0. The maximum absolute atomic E-state index is 5.55. The third-order valence-electron chi connectivity index (χ3n) is 1.55. The first-order valence-electron chi connectivity index (χ1n) is 3.00. The smallest absolute Gasteiger partial charge is 0.0920 e. The van der Waals surface area contributed by atoms with E-state index in [0.717, 1.165) is 23.5 Å². The molecule has 0 saturated heterocycles. The van der Waals surface area contributed by atoms with Gasteiger partial charge in [-0.05, 0) is 6.92 Å². The third kappa shape index (κ3) is 3.28. The summed E-state index contributed by atoms with van der Waals surface area (Å²) in [5.41, 5.74) is 0. The molecule has 0 saturated carbocycles. The van der Waals surface area contributed by atoms with Crippen molar-refractivity contribution in [2.75, 3.05) is 33.1 Å². The zero-order valence-electron chi connectivity index (χ0n) is 5.95. The van der Waals surface area contributed by atoms with E-state index in [1.807, 2.05) is 0 Å². The summed E-state index contributed by atoms with van der Waals surface area (Å²) in [6.07, 6.45) is 0. The van der Waals surface area contributed by atoms with Crippen molar-refractivity contribution in [1.82, 2.24) is 0 Å². The summed E-state index contributed by atoms with van der Waals surface area (Å²) < 4.78 is 1.03. The van der Waals surface area contributed by atoms with E-state index in [-0.39, 0.29) is 0 Å². The van der Waals surface area contributed by atoms with Crippen LogP contribution in [0.3, 0.4) is 0 Å². The number of halogens is 1. The van der Waals surface area contributed by atoms with Crippen LogP contribution in [0.5, 0.6) is 0 Å². The number of hydrogen-bond donors (Lipinski definition) is 0. The summed E-state index contributed by atoms with van der Waals surface area (Å²) in [6.45, 7) is 4.40. The molecule has 0 N–H and O–H groups in total. The van der Waals surface area contributed by atoms with E-state index in [1.54, 1.807) is 0 Å². The van der Waals surface area contributed by atoms with Crippen molar-refractivity contribution >= 4 is 11.6 Å². The van der Waals surface area contributed by atoms with Crippen molar-refractivity contribution in [2.24, 2.45) is 0 Å². The van der Waals surface area contributed by atoms with Crippen molar-refractivity contribution in [3.63, 3.8) is 0 Å². The van der Waals surface area contributed by atoms with Gasteiger partial charge in [-0.25, -0.2) is 0 Å². The van der Waals surface area contributed by atoms with Gasteiger partial charge >= 0.3 is 0 Å². The molecule has 2 heteroatoms. The van der Waals surface area contributed by atoms with Gasteiger partial charge in [-0.1, -0.05) is 0 Å². The van der Waals surface area contributed by atoms with Crippen molar-refractivity contribution in [1.29, 1.82) is 0 Å². The Kier molecular flexibility index (Phi) is 3.41. The van der Waals surface area contributed by atoms with Gasteiger partial charge in [0.1, 0.15) is 0 Å². The van der Waals surface area contributed by atoms with Crippen LogP contribution in [-0.2, 0) is 0 Å². The van der Waals surface area contributed by atoms with Crippen LogP contribution in [0.25, 0.3) is 0 Å². The number of alkyl halides is 1. The summed E-state index contributed by atoms with van der Waals surface area (Å²) in [4.78, 5) is 0. The number of rotatable bonds is 3. The first kappa shape index (κ1) is 8.25. The summed E-state index contributed by atoms with van der Waals surface area (Å²) in [7, 11) is 4.37.